The maximum Gasteiger partial charge on any atom is 0.0976 e. The highest BCUT2D eigenvalue weighted by molar-refractivity contribution is 4.90. The summed E-state index contributed by atoms with van der Waals surface area (Å²) in [5.41, 5.74) is 0. The zero-order chi connectivity index (χ0) is 11.7. The van der Waals surface area contributed by atoms with Crippen LogP contribution < -0.4 is 5.32 Å². The summed E-state index contributed by atoms with van der Waals surface area (Å²) < 4.78 is 5.47. The van der Waals surface area contributed by atoms with Crippen LogP contribution in [0.4, 0.5) is 0 Å². The Balaban J connectivity index is 3.44. The van der Waals surface area contributed by atoms with Gasteiger partial charge < -0.3 is 4.74 Å². The van der Waals surface area contributed by atoms with E-state index in [0.29, 0.717) is 18.6 Å². The molecule has 3 nitrogen and oxygen atoms in total. The van der Waals surface area contributed by atoms with Gasteiger partial charge in [-0.25, -0.2) is 0 Å². The molecule has 0 aromatic carbocycles. The van der Waals surface area contributed by atoms with E-state index in [-0.39, 0.29) is 6.04 Å². The molecule has 0 aliphatic heterocycles. The highest BCUT2D eigenvalue weighted by Crippen LogP contribution is 2.00. The Hall–Kier alpha value is -0.590. The summed E-state index contributed by atoms with van der Waals surface area (Å²) in [7, 11) is 0. The monoisotopic (exact) mass is 212 g/mol. The minimum absolute atomic E-state index is 0.0796. The van der Waals surface area contributed by atoms with Crippen LogP contribution in [0.2, 0.25) is 0 Å². The predicted molar refractivity (Wildman–Crippen MR) is 62.6 cm³/mol. The van der Waals surface area contributed by atoms with Crippen LogP contribution in [0.15, 0.2) is 0 Å². The van der Waals surface area contributed by atoms with E-state index in [1.807, 2.05) is 13.8 Å². The summed E-state index contributed by atoms with van der Waals surface area (Å²) in [6.07, 6.45) is 1.86. The minimum atomic E-state index is -0.0796. The number of hydrogen-bond donors (Lipinski definition) is 1. The van der Waals surface area contributed by atoms with Gasteiger partial charge in [0.1, 0.15) is 0 Å². The molecule has 0 saturated carbocycles. The second-order valence-corrected chi connectivity index (χ2v) is 4.59. The lowest BCUT2D eigenvalue weighted by molar-refractivity contribution is 0.117. The third-order valence-corrected chi connectivity index (χ3v) is 2.08. The van der Waals surface area contributed by atoms with Gasteiger partial charge in [-0.3, -0.25) is 5.32 Å². The Morgan fingerprint density at radius 3 is 2.20 bits per heavy atom. The van der Waals surface area contributed by atoms with E-state index in [1.165, 1.54) is 0 Å². The first-order valence-electron chi connectivity index (χ1n) is 5.79. The molecule has 0 spiro atoms. The van der Waals surface area contributed by atoms with E-state index < -0.39 is 0 Å². The van der Waals surface area contributed by atoms with Crippen LogP contribution in [0, 0.1) is 17.2 Å². The van der Waals surface area contributed by atoms with E-state index in [0.717, 1.165) is 19.4 Å². The lowest BCUT2D eigenvalue weighted by Crippen LogP contribution is -2.34. The zero-order valence-corrected chi connectivity index (χ0v) is 10.4. The molecule has 0 heterocycles. The Kier molecular flexibility index (Phi) is 8.35. The van der Waals surface area contributed by atoms with Gasteiger partial charge in [-0.15, -0.1) is 0 Å². The SMILES string of the molecule is CC(C)CCOCCC(C#N)NC(C)C. The molecule has 88 valence electrons. The molecular weight excluding hydrogens is 188 g/mol. The minimum Gasteiger partial charge on any atom is -0.381 e. The lowest BCUT2D eigenvalue weighted by Gasteiger charge is -2.14. The van der Waals surface area contributed by atoms with Crippen LogP contribution in [0.5, 0.6) is 0 Å². The van der Waals surface area contributed by atoms with Crippen molar-refractivity contribution in [2.75, 3.05) is 13.2 Å². The van der Waals surface area contributed by atoms with Gasteiger partial charge in [-0.2, -0.15) is 5.26 Å². The smallest absolute Gasteiger partial charge is 0.0976 e. The summed E-state index contributed by atoms with van der Waals surface area (Å²) in [4.78, 5) is 0. The number of nitrogens with zero attached hydrogens (tertiary/aromatic N) is 1. The second-order valence-electron chi connectivity index (χ2n) is 4.59. The van der Waals surface area contributed by atoms with Crippen molar-refractivity contribution in [3.05, 3.63) is 0 Å². The highest BCUT2D eigenvalue weighted by Gasteiger charge is 2.07. The Morgan fingerprint density at radius 2 is 1.73 bits per heavy atom. The summed E-state index contributed by atoms with van der Waals surface area (Å²) in [6, 6.07) is 2.51. The molecule has 0 radical (unpaired) electrons. The zero-order valence-electron chi connectivity index (χ0n) is 10.4. The number of nitriles is 1. The van der Waals surface area contributed by atoms with Crippen molar-refractivity contribution < 1.29 is 4.74 Å². The maximum atomic E-state index is 8.85. The Bertz CT molecular complexity index is 185. The van der Waals surface area contributed by atoms with Crippen LogP contribution in [0.1, 0.15) is 40.5 Å². The fourth-order valence-corrected chi connectivity index (χ4v) is 1.21. The maximum absolute atomic E-state index is 8.85. The molecular formula is C12H24N2O. The summed E-state index contributed by atoms with van der Waals surface area (Å²) in [6.45, 7) is 9.93. The molecule has 0 aliphatic rings. The normalized spacial score (nSPS) is 13.1. The number of hydrogen-bond acceptors (Lipinski definition) is 3. The third-order valence-electron chi connectivity index (χ3n) is 2.08. The molecule has 1 N–H and O–H groups in total. The largest absolute Gasteiger partial charge is 0.381 e. The molecule has 0 saturated heterocycles. The van der Waals surface area contributed by atoms with Crippen molar-refractivity contribution in [2.24, 2.45) is 5.92 Å². The first kappa shape index (κ1) is 14.4. The lowest BCUT2D eigenvalue weighted by atomic mass is 10.1. The quantitative estimate of drug-likeness (QED) is 0.628. The molecule has 0 amide bonds. The average molecular weight is 212 g/mol. The first-order chi connectivity index (χ1) is 7.06. The van der Waals surface area contributed by atoms with Gasteiger partial charge in [-0.05, 0) is 32.6 Å². The van der Waals surface area contributed by atoms with Crippen LogP contribution in [0.25, 0.3) is 0 Å². The fraction of sp³-hybridized carbons (Fsp3) is 0.917. The van der Waals surface area contributed by atoms with Crippen molar-refractivity contribution in [2.45, 2.75) is 52.6 Å². The van der Waals surface area contributed by atoms with Gasteiger partial charge in [0, 0.05) is 19.3 Å². The predicted octanol–water partition coefficient (Wildman–Crippen LogP) is 2.33. The van der Waals surface area contributed by atoms with Crippen LogP contribution in [-0.4, -0.2) is 25.3 Å². The summed E-state index contributed by atoms with van der Waals surface area (Å²) >= 11 is 0. The van der Waals surface area contributed by atoms with E-state index >= 15 is 0 Å². The summed E-state index contributed by atoms with van der Waals surface area (Å²) in [5.74, 6) is 0.686. The van der Waals surface area contributed by atoms with Gasteiger partial charge in [0.25, 0.3) is 0 Å². The molecule has 0 aromatic rings. The van der Waals surface area contributed by atoms with Crippen molar-refractivity contribution in [1.82, 2.24) is 5.32 Å². The van der Waals surface area contributed by atoms with E-state index in [1.54, 1.807) is 0 Å². The van der Waals surface area contributed by atoms with Gasteiger partial charge >= 0.3 is 0 Å². The van der Waals surface area contributed by atoms with Gasteiger partial charge in [0.05, 0.1) is 12.1 Å². The second kappa shape index (κ2) is 8.70. The topological polar surface area (TPSA) is 45.0 Å². The highest BCUT2D eigenvalue weighted by atomic mass is 16.5. The van der Waals surface area contributed by atoms with Crippen molar-refractivity contribution >= 4 is 0 Å². The number of ether oxygens (including phenoxy) is 1. The molecule has 0 fully saturated rings. The van der Waals surface area contributed by atoms with Crippen molar-refractivity contribution in [1.29, 1.82) is 5.26 Å². The average Bonchev–Trinajstić information content (AvgIpc) is 2.14. The van der Waals surface area contributed by atoms with Gasteiger partial charge in [0.2, 0.25) is 0 Å². The third kappa shape index (κ3) is 9.71. The molecule has 0 rings (SSSR count). The molecule has 0 bridgehead atoms. The van der Waals surface area contributed by atoms with E-state index in [4.69, 9.17) is 10.00 Å². The Morgan fingerprint density at radius 1 is 1.13 bits per heavy atom. The van der Waals surface area contributed by atoms with Crippen LogP contribution in [0.3, 0.4) is 0 Å². The van der Waals surface area contributed by atoms with Gasteiger partial charge in [0.15, 0.2) is 0 Å². The molecule has 15 heavy (non-hydrogen) atoms. The van der Waals surface area contributed by atoms with Crippen LogP contribution >= 0.6 is 0 Å². The molecule has 1 atom stereocenters. The van der Waals surface area contributed by atoms with Crippen molar-refractivity contribution in [3.8, 4) is 6.07 Å². The molecule has 3 heteroatoms. The number of rotatable bonds is 8. The summed E-state index contributed by atoms with van der Waals surface area (Å²) in [5, 5.41) is 12.0. The van der Waals surface area contributed by atoms with E-state index in [2.05, 4.69) is 25.2 Å². The molecule has 1 unspecified atom stereocenters. The van der Waals surface area contributed by atoms with Gasteiger partial charge in [-0.1, -0.05) is 13.8 Å². The molecule has 0 aliphatic carbocycles. The van der Waals surface area contributed by atoms with Crippen LogP contribution in [-0.2, 0) is 4.74 Å². The van der Waals surface area contributed by atoms with E-state index in [9.17, 15) is 0 Å². The number of nitrogens with one attached hydrogen (secondary N) is 1. The fourth-order valence-electron chi connectivity index (χ4n) is 1.21. The van der Waals surface area contributed by atoms with Crippen molar-refractivity contribution in [3.63, 3.8) is 0 Å². The Labute approximate surface area is 93.8 Å². The standard InChI is InChI=1S/C12H24N2O/c1-10(2)5-7-15-8-6-12(9-13)14-11(3)4/h10-12,14H,5-8H2,1-4H3. The molecule has 0 aromatic heterocycles. The first-order valence-corrected chi connectivity index (χ1v) is 5.79.